The van der Waals surface area contributed by atoms with E-state index in [1.165, 1.54) is 6.42 Å². The molecule has 1 aliphatic rings. The Morgan fingerprint density at radius 1 is 1.28 bits per heavy atom. The lowest BCUT2D eigenvalue weighted by molar-refractivity contribution is -0.204. The number of alkyl halides is 3. The number of nitrogens with zero attached hydrogens (tertiary/aromatic N) is 2. The Bertz CT molecular complexity index is 386. The molecule has 0 aromatic carbocycles. The number of halogens is 3. The first kappa shape index (κ1) is 13.3. The molecule has 2 rings (SSSR count). The third-order valence-electron chi connectivity index (χ3n) is 3.20. The van der Waals surface area contributed by atoms with Gasteiger partial charge in [-0.15, -0.1) is 0 Å². The predicted molar refractivity (Wildman–Crippen MR) is 55.9 cm³/mol. The van der Waals surface area contributed by atoms with Crippen molar-refractivity contribution in [3.05, 3.63) is 11.7 Å². The molecule has 0 saturated heterocycles. The fraction of sp³-hybridized carbons (Fsp3) is 0.818. The second-order valence-electron chi connectivity index (χ2n) is 4.64. The predicted octanol–water partition coefficient (Wildman–Crippen LogP) is 2.58. The third kappa shape index (κ3) is 3.22. The van der Waals surface area contributed by atoms with Crippen LogP contribution in [-0.4, -0.2) is 27.5 Å². The zero-order chi connectivity index (χ0) is 13.2. The molecular formula is C11H15F3N2O2. The van der Waals surface area contributed by atoms with Crippen molar-refractivity contribution in [2.45, 2.75) is 56.7 Å². The van der Waals surface area contributed by atoms with Crippen LogP contribution < -0.4 is 0 Å². The van der Waals surface area contributed by atoms with Crippen LogP contribution in [0.1, 0.15) is 49.7 Å². The summed E-state index contributed by atoms with van der Waals surface area (Å²) in [5, 5.41) is 12.6. The minimum Gasteiger partial charge on any atom is -0.383 e. The molecule has 0 amide bonds. The molecule has 0 radical (unpaired) electrons. The van der Waals surface area contributed by atoms with Crippen molar-refractivity contribution in [2.24, 2.45) is 0 Å². The topological polar surface area (TPSA) is 59.2 Å². The highest BCUT2D eigenvalue weighted by Crippen LogP contribution is 2.31. The number of aromatic nitrogens is 2. The van der Waals surface area contributed by atoms with Crippen LogP contribution in [0, 0.1) is 0 Å². The first-order valence-corrected chi connectivity index (χ1v) is 6.04. The molecule has 1 unspecified atom stereocenters. The van der Waals surface area contributed by atoms with Gasteiger partial charge < -0.3 is 9.63 Å². The van der Waals surface area contributed by atoms with Crippen LogP contribution in [0.3, 0.4) is 0 Å². The summed E-state index contributed by atoms with van der Waals surface area (Å²) >= 11 is 0. The molecule has 1 aliphatic carbocycles. The van der Waals surface area contributed by atoms with E-state index >= 15 is 0 Å². The van der Waals surface area contributed by atoms with Crippen LogP contribution in [0.5, 0.6) is 0 Å². The average Bonchev–Trinajstić information content (AvgIpc) is 2.77. The summed E-state index contributed by atoms with van der Waals surface area (Å²) in [4.78, 5) is 3.95. The minimum atomic E-state index is -4.65. The number of hydrogen-bond donors (Lipinski definition) is 1. The summed E-state index contributed by atoms with van der Waals surface area (Å²) in [5.41, 5.74) is 0. The lowest BCUT2D eigenvalue weighted by Crippen LogP contribution is -2.30. The SMILES string of the molecule is OC(Cc1nc(C2CCCCC2)no1)C(F)(F)F. The molecule has 0 bridgehead atoms. The zero-order valence-corrected chi connectivity index (χ0v) is 9.78. The van der Waals surface area contributed by atoms with Crippen molar-refractivity contribution in [1.29, 1.82) is 0 Å². The fourth-order valence-corrected chi connectivity index (χ4v) is 2.16. The Kier molecular flexibility index (Phi) is 3.89. The molecule has 7 heteroatoms. The van der Waals surface area contributed by atoms with Gasteiger partial charge in [0.2, 0.25) is 5.89 Å². The summed E-state index contributed by atoms with van der Waals surface area (Å²) in [5.74, 6) is 0.499. The number of hydrogen-bond acceptors (Lipinski definition) is 4. The van der Waals surface area contributed by atoms with Crippen molar-refractivity contribution in [2.75, 3.05) is 0 Å². The van der Waals surface area contributed by atoms with Gasteiger partial charge in [-0.05, 0) is 12.8 Å². The molecule has 1 saturated carbocycles. The number of aliphatic hydroxyl groups is 1. The van der Waals surface area contributed by atoms with Gasteiger partial charge in [0, 0.05) is 5.92 Å². The van der Waals surface area contributed by atoms with E-state index in [0.29, 0.717) is 5.82 Å². The molecule has 0 aliphatic heterocycles. The molecule has 1 N–H and O–H groups in total. The van der Waals surface area contributed by atoms with Crippen LogP contribution in [0.15, 0.2) is 4.52 Å². The van der Waals surface area contributed by atoms with Crippen LogP contribution in [0.25, 0.3) is 0 Å². The first-order valence-electron chi connectivity index (χ1n) is 6.04. The highest BCUT2D eigenvalue weighted by molar-refractivity contribution is 4.97. The Hall–Kier alpha value is -1.11. The monoisotopic (exact) mass is 264 g/mol. The smallest absolute Gasteiger partial charge is 0.383 e. The Labute approximate surface area is 102 Å². The van der Waals surface area contributed by atoms with E-state index in [-0.39, 0.29) is 11.8 Å². The van der Waals surface area contributed by atoms with Crippen LogP contribution in [-0.2, 0) is 6.42 Å². The molecule has 1 fully saturated rings. The maximum Gasteiger partial charge on any atom is 0.414 e. The molecule has 18 heavy (non-hydrogen) atoms. The van der Waals surface area contributed by atoms with E-state index in [1.807, 2.05) is 0 Å². The molecule has 102 valence electrons. The molecule has 1 aromatic heterocycles. The second-order valence-corrected chi connectivity index (χ2v) is 4.64. The van der Waals surface area contributed by atoms with Crippen molar-refractivity contribution < 1.29 is 22.8 Å². The molecule has 1 atom stereocenters. The van der Waals surface area contributed by atoms with Crippen molar-refractivity contribution in [1.82, 2.24) is 10.1 Å². The maximum absolute atomic E-state index is 12.2. The Morgan fingerprint density at radius 2 is 1.94 bits per heavy atom. The molecule has 1 heterocycles. The molecule has 4 nitrogen and oxygen atoms in total. The summed E-state index contributed by atoms with van der Waals surface area (Å²) < 4.78 is 41.2. The Balaban J connectivity index is 1.97. The van der Waals surface area contributed by atoms with Crippen LogP contribution in [0.2, 0.25) is 0 Å². The van der Waals surface area contributed by atoms with Gasteiger partial charge in [0.25, 0.3) is 0 Å². The van der Waals surface area contributed by atoms with Gasteiger partial charge in [0.1, 0.15) is 0 Å². The lowest BCUT2D eigenvalue weighted by atomic mass is 9.89. The normalized spacial score (nSPS) is 20.0. The Morgan fingerprint density at radius 3 is 2.56 bits per heavy atom. The highest BCUT2D eigenvalue weighted by atomic mass is 19.4. The highest BCUT2D eigenvalue weighted by Gasteiger charge is 2.39. The van der Waals surface area contributed by atoms with E-state index in [1.54, 1.807) is 0 Å². The van der Waals surface area contributed by atoms with Gasteiger partial charge in [-0.2, -0.15) is 18.2 Å². The van der Waals surface area contributed by atoms with E-state index in [0.717, 1.165) is 25.7 Å². The standard InChI is InChI=1S/C11H15F3N2O2/c12-11(13,14)8(17)6-9-15-10(16-18-9)7-4-2-1-3-5-7/h7-8,17H,1-6H2. The summed E-state index contributed by atoms with van der Waals surface area (Å²) in [6, 6.07) is 0. The minimum absolute atomic E-state index is 0.152. The van der Waals surface area contributed by atoms with Crippen molar-refractivity contribution in [3.63, 3.8) is 0 Å². The number of rotatable bonds is 3. The van der Waals surface area contributed by atoms with Gasteiger partial charge in [0.15, 0.2) is 11.9 Å². The van der Waals surface area contributed by atoms with E-state index in [9.17, 15) is 13.2 Å². The van der Waals surface area contributed by atoms with Crippen LogP contribution >= 0.6 is 0 Å². The molecule has 0 spiro atoms. The van der Waals surface area contributed by atoms with E-state index < -0.39 is 18.7 Å². The van der Waals surface area contributed by atoms with Gasteiger partial charge >= 0.3 is 6.18 Å². The lowest BCUT2D eigenvalue weighted by Gasteiger charge is -2.17. The summed E-state index contributed by atoms with van der Waals surface area (Å²) in [6.45, 7) is 0. The van der Waals surface area contributed by atoms with Gasteiger partial charge in [-0.3, -0.25) is 0 Å². The van der Waals surface area contributed by atoms with Crippen molar-refractivity contribution in [3.8, 4) is 0 Å². The van der Waals surface area contributed by atoms with Crippen LogP contribution in [0.4, 0.5) is 13.2 Å². The van der Waals surface area contributed by atoms with Gasteiger partial charge in [0.05, 0.1) is 6.42 Å². The van der Waals surface area contributed by atoms with Crippen molar-refractivity contribution >= 4 is 0 Å². The second kappa shape index (κ2) is 5.26. The maximum atomic E-state index is 12.2. The van der Waals surface area contributed by atoms with Gasteiger partial charge in [-0.25, -0.2) is 0 Å². The number of aliphatic hydroxyl groups excluding tert-OH is 1. The van der Waals surface area contributed by atoms with Gasteiger partial charge in [-0.1, -0.05) is 24.4 Å². The van der Waals surface area contributed by atoms with E-state index in [4.69, 9.17) is 9.63 Å². The quantitative estimate of drug-likeness (QED) is 0.911. The fourth-order valence-electron chi connectivity index (χ4n) is 2.16. The molecule has 1 aromatic rings. The zero-order valence-electron chi connectivity index (χ0n) is 9.78. The average molecular weight is 264 g/mol. The first-order chi connectivity index (χ1) is 8.47. The summed E-state index contributed by atoms with van der Waals surface area (Å²) in [6.07, 6.45) is -2.55. The largest absolute Gasteiger partial charge is 0.414 e. The molecular weight excluding hydrogens is 249 g/mol. The third-order valence-corrected chi connectivity index (χ3v) is 3.20. The van der Waals surface area contributed by atoms with E-state index in [2.05, 4.69) is 10.1 Å². The summed E-state index contributed by atoms with van der Waals surface area (Å²) in [7, 11) is 0.